The third kappa shape index (κ3) is 4.26. The summed E-state index contributed by atoms with van der Waals surface area (Å²) in [5.74, 6) is 2.17. The lowest BCUT2D eigenvalue weighted by molar-refractivity contribution is -0.165. The number of methoxy groups -OCH3 is 1. The predicted molar refractivity (Wildman–Crippen MR) is 159 cm³/mol. The molecule has 1 N–H and O–H groups in total. The Balaban J connectivity index is 1.16. The van der Waals surface area contributed by atoms with Crippen molar-refractivity contribution in [1.82, 2.24) is 25.3 Å². The number of benzene rings is 1. The summed E-state index contributed by atoms with van der Waals surface area (Å²) in [6.45, 7) is 4.90. The second-order valence-corrected chi connectivity index (χ2v) is 13.2. The van der Waals surface area contributed by atoms with Crippen LogP contribution in [0.4, 0.5) is 0 Å². The van der Waals surface area contributed by atoms with Gasteiger partial charge in [-0.25, -0.2) is 0 Å². The van der Waals surface area contributed by atoms with Crippen molar-refractivity contribution in [1.29, 1.82) is 5.26 Å². The Bertz CT molecular complexity index is 1630. The standard InChI is InChI=1S/C33H38N6O5/c1-19(24-12-22(40-3)16-39(24)2)42-26-13-27(43-25-15-35-33(25)17-41-18-33)37-31(36-26)29-23-8-5-10-32(30(23)44-38-29)11-9-20-6-4-7-21(14-34)28(20)32/h4,6-7,13,19,22,24-25,35H,5,8-12,15-18H2,1-3H3. The van der Waals surface area contributed by atoms with Crippen LogP contribution in [-0.4, -0.2) is 90.4 Å². The van der Waals surface area contributed by atoms with E-state index in [-0.39, 0.29) is 35.3 Å². The largest absolute Gasteiger partial charge is 0.473 e. The number of aryl methyl sites for hydroxylation is 1. The topological polar surface area (TPSA) is 128 Å². The summed E-state index contributed by atoms with van der Waals surface area (Å²) in [5, 5.41) is 18.1. The van der Waals surface area contributed by atoms with Crippen LogP contribution in [-0.2, 0) is 27.7 Å². The number of fused-ring (bicyclic) bond motifs is 4. The van der Waals surface area contributed by atoms with Gasteiger partial charge in [0.2, 0.25) is 11.8 Å². The molecule has 44 heavy (non-hydrogen) atoms. The van der Waals surface area contributed by atoms with Crippen LogP contribution in [0.25, 0.3) is 11.5 Å². The van der Waals surface area contributed by atoms with E-state index in [2.05, 4.69) is 41.5 Å². The quantitative estimate of drug-likeness (QED) is 0.431. The first-order valence-electron chi connectivity index (χ1n) is 15.7. The van der Waals surface area contributed by atoms with Gasteiger partial charge in [-0.2, -0.15) is 15.2 Å². The number of ether oxygens (including phenoxy) is 4. The van der Waals surface area contributed by atoms with Gasteiger partial charge in [-0.05, 0) is 69.7 Å². The molecule has 5 heterocycles. The number of likely N-dealkylation sites (N-methyl/N-ethyl adjacent to an activating group) is 1. The second-order valence-electron chi connectivity index (χ2n) is 13.2. The second kappa shape index (κ2) is 10.5. The van der Waals surface area contributed by atoms with Gasteiger partial charge in [0.25, 0.3) is 0 Å². The number of hydrogen-bond donors (Lipinski definition) is 1. The van der Waals surface area contributed by atoms with Crippen LogP contribution in [0.1, 0.15) is 60.6 Å². The van der Waals surface area contributed by atoms with Crippen molar-refractivity contribution < 1.29 is 23.5 Å². The van der Waals surface area contributed by atoms with E-state index in [0.717, 1.165) is 74.1 Å². The van der Waals surface area contributed by atoms with E-state index in [1.807, 2.05) is 12.1 Å². The number of nitriles is 1. The van der Waals surface area contributed by atoms with Crippen LogP contribution >= 0.6 is 0 Å². The Morgan fingerprint density at radius 3 is 2.77 bits per heavy atom. The van der Waals surface area contributed by atoms with Crippen LogP contribution in [0.3, 0.4) is 0 Å². The number of likely N-dealkylation sites (tertiary alicyclic amines) is 1. The molecule has 2 aromatic heterocycles. The highest BCUT2D eigenvalue weighted by atomic mass is 16.5. The zero-order valence-corrected chi connectivity index (χ0v) is 25.5. The highest BCUT2D eigenvalue weighted by Gasteiger charge is 2.54. The summed E-state index contributed by atoms with van der Waals surface area (Å²) >= 11 is 0. The van der Waals surface area contributed by atoms with Gasteiger partial charge in [0.1, 0.15) is 17.7 Å². The molecule has 1 aromatic carbocycles. The molecule has 230 valence electrons. The van der Waals surface area contributed by atoms with Gasteiger partial charge >= 0.3 is 0 Å². The Morgan fingerprint density at radius 1 is 1.18 bits per heavy atom. The number of hydrogen-bond acceptors (Lipinski definition) is 11. The molecule has 2 spiro atoms. The van der Waals surface area contributed by atoms with E-state index in [9.17, 15) is 5.26 Å². The lowest BCUT2D eigenvalue weighted by atomic mass is 9.69. The van der Waals surface area contributed by atoms with Crippen molar-refractivity contribution in [3.63, 3.8) is 0 Å². The predicted octanol–water partition coefficient (Wildman–Crippen LogP) is 3.18. The van der Waals surface area contributed by atoms with Gasteiger partial charge in [0.15, 0.2) is 17.3 Å². The molecule has 3 aromatic rings. The van der Waals surface area contributed by atoms with Crippen molar-refractivity contribution in [3.8, 4) is 29.3 Å². The Kier molecular flexibility index (Phi) is 6.68. The van der Waals surface area contributed by atoms with Gasteiger partial charge in [-0.15, -0.1) is 0 Å². The molecule has 0 saturated carbocycles. The first-order valence-corrected chi connectivity index (χ1v) is 15.7. The van der Waals surface area contributed by atoms with Crippen LogP contribution in [0, 0.1) is 11.3 Å². The first-order chi connectivity index (χ1) is 21.4. The molecule has 0 bridgehead atoms. The Labute approximate surface area is 256 Å². The van der Waals surface area contributed by atoms with Crippen molar-refractivity contribution >= 4 is 0 Å². The zero-order chi connectivity index (χ0) is 30.1. The average Bonchev–Trinajstić information content (AvgIpc) is 3.71. The van der Waals surface area contributed by atoms with E-state index in [0.29, 0.717) is 36.5 Å². The Hall–Kier alpha value is -3.56. The molecule has 5 atom stereocenters. The van der Waals surface area contributed by atoms with Gasteiger partial charge in [-0.3, -0.25) is 4.90 Å². The van der Waals surface area contributed by atoms with Crippen molar-refractivity contribution in [2.75, 3.05) is 40.5 Å². The minimum atomic E-state index is -0.360. The molecule has 0 radical (unpaired) electrons. The van der Waals surface area contributed by atoms with Crippen LogP contribution in [0.2, 0.25) is 0 Å². The van der Waals surface area contributed by atoms with E-state index in [1.54, 1.807) is 13.2 Å². The molecule has 3 aliphatic heterocycles. The van der Waals surface area contributed by atoms with E-state index >= 15 is 0 Å². The summed E-state index contributed by atoms with van der Waals surface area (Å²) in [6, 6.07) is 10.4. The van der Waals surface area contributed by atoms with Crippen molar-refractivity contribution in [2.24, 2.45) is 0 Å². The van der Waals surface area contributed by atoms with Crippen LogP contribution in [0.5, 0.6) is 11.8 Å². The molecule has 3 saturated heterocycles. The lowest BCUT2D eigenvalue weighted by Crippen LogP contribution is -2.79. The number of nitrogens with zero attached hydrogens (tertiary/aromatic N) is 5. The first kappa shape index (κ1) is 28.0. The molecule has 11 nitrogen and oxygen atoms in total. The SMILES string of the molecule is COC1CC(C(C)Oc2cc(OC3CNC34COC4)nc(-c3noc4c3CCCC43CCc4cccc(C#N)c43)n2)N(C)C1. The molecule has 2 aliphatic carbocycles. The summed E-state index contributed by atoms with van der Waals surface area (Å²) in [5.41, 5.74) is 4.16. The maximum absolute atomic E-state index is 9.99. The van der Waals surface area contributed by atoms with Crippen LogP contribution in [0.15, 0.2) is 28.8 Å². The number of rotatable bonds is 7. The minimum absolute atomic E-state index is 0.0541. The normalized spacial score (nSPS) is 29.0. The fourth-order valence-electron chi connectivity index (χ4n) is 8.18. The zero-order valence-electron chi connectivity index (χ0n) is 25.5. The molecular formula is C33H38N6O5. The molecular weight excluding hydrogens is 560 g/mol. The van der Waals surface area contributed by atoms with Gasteiger partial charge in [0.05, 0.1) is 42.4 Å². The number of nitrogens with one attached hydrogen (secondary N) is 1. The monoisotopic (exact) mass is 598 g/mol. The van der Waals surface area contributed by atoms with E-state index < -0.39 is 0 Å². The van der Waals surface area contributed by atoms with Crippen molar-refractivity contribution in [2.45, 2.75) is 80.8 Å². The van der Waals surface area contributed by atoms with Crippen LogP contribution < -0.4 is 14.8 Å². The maximum atomic E-state index is 9.99. The maximum Gasteiger partial charge on any atom is 0.221 e. The van der Waals surface area contributed by atoms with Crippen molar-refractivity contribution in [3.05, 3.63) is 52.3 Å². The van der Waals surface area contributed by atoms with E-state index in [1.165, 1.54) is 5.56 Å². The highest BCUT2D eigenvalue weighted by Crippen LogP contribution is 2.53. The summed E-state index contributed by atoms with van der Waals surface area (Å²) in [7, 11) is 3.86. The number of aromatic nitrogens is 3. The lowest BCUT2D eigenvalue weighted by Gasteiger charge is -2.54. The molecule has 8 rings (SSSR count). The average molecular weight is 599 g/mol. The third-order valence-corrected chi connectivity index (χ3v) is 10.7. The van der Waals surface area contributed by atoms with Gasteiger partial charge in [-0.1, -0.05) is 17.3 Å². The summed E-state index contributed by atoms with van der Waals surface area (Å²) < 4.78 is 30.3. The third-order valence-electron chi connectivity index (χ3n) is 10.7. The molecule has 3 fully saturated rings. The summed E-state index contributed by atoms with van der Waals surface area (Å²) in [4.78, 5) is 12.1. The molecule has 5 unspecified atom stereocenters. The molecule has 0 amide bonds. The fourth-order valence-corrected chi connectivity index (χ4v) is 8.18. The fraction of sp³-hybridized carbons (Fsp3) is 0.576. The smallest absolute Gasteiger partial charge is 0.221 e. The van der Waals surface area contributed by atoms with E-state index in [4.69, 9.17) is 33.4 Å². The molecule has 11 heteroatoms. The minimum Gasteiger partial charge on any atom is -0.473 e. The summed E-state index contributed by atoms with van der Waals surface area (Å²) in [6.07, 6.45) is 5.37. The highest BCUT2D eigenvalue weighted by molar-refractivity contribution is 5.63. The van der Waals surface area contributed by atoms with Gasteiger partial charge < -0.3 is 28.8 Å². The Morgan fingerprint density at radius 2 is 2.05 bits per heavy atom. The molecule has 5 aliphatic rings. The van der Waals surface area contributed by atoms with Gasteiger partial charge in [0, 0.05) is 31.8 Å².